The molecule has 1 amide bonds. The molecule has 8 heteroatoms. The summed E-state index contributed by atoms with van der Waals surface area (Å²) in [6.45, 7) is 0.803. The number of nitrogens with zero attached hydrogens (tertiary/aromatic N) is 3. The normalized spacial score (nSPS) is 15.8. The lowest BCUT2D eigenvalue weighted by Crippen LogP contribution is -2.45. The first-order chi connectivity index (χ1) is 9.90. The zero-order chi connectivity index (χ0) is 15.6. The lowest BCUT2D eigenvalue weighted by atomic mass is 10.0. The predicted octanol–water partition coefficient (Wildman–Crippen LogP) is 2.31. The number of halogens is 1. The smallest absolute Gasteiger partial charge is 0.407 e. The minimum Gasteiger partial charge on any atom is -0.465 e. The molecule has 1 saturated heterocycles. The second-order valence-electron chi connectivity index (χ2n) is 5.00. The molecule has 1 fully saturated rings. The summed E-state index contributed by atoms with van der Waals surface area (Å²) in [5, 5.41) is 19.5. The van der Waals surface area contributed by atoms with Crippen LogP contribution in [0.5, 0.6) is 0 Å². The van der Waals surface area contributed by atoms with Crippen molar-refractivity contribution in [1.29, 1.82) is 0 Å². The summed E-state index contributed by atoms with van der Waals surface area (Å²) in [6.07, 6.45) is 0.246. The maximum atomic E-state index is 14.0. The highest BCUT2D eigenvalue weighted by Crippen LogP contribution is 2.27. The summed E-state index contributed by atoms with van der Waals surface area (Å²) in [6, 6.07) is 3.56. The van der Waals surface area contributed by atoms with Crippen molar-refractivity contribution in [3.05, 3.63) is 34.1 Å². The molecule has 0 aliphatic carbocycles. The molecule has 0 atom stereocenters. The first-order valence-electron chi connectivity index (χ1n) is 6.55. The van der Waals surface area contributed by atoms with Crippen molar-refractivity contribution in [2.45, 2.75) is 18.9 Å². The van der Waals surface area contributed by atoms with Crippen LogP contribution in [0.15, 0.2) is 18.2 Å². The third-order valence-corrected chi connectivity index (χ3v) is 3.80. The number of rotatable bonds is 3. The third kappa shape index (κ3) is 3.21. The molecule has 1 aliphatic rings. The van der Waals surface area contributed by atoms with Gasteiger partial charge in [0.1, 0.15) is 0 Å². The lowest BCUT2D eigenvalue weighted by Gasteiger charge is -2.36. The van der Waals surface area contributed by atoms with E-state index >= 15 is 0 Å². The molecule has 7 nitrogen and oxygen atoms in total. The Labute approximate surface area is 120 Å². The average Bonchev–Trinajstić information content (AvgIpc) is 2.46. The van der Waals surface area contributed by atoms with Crippen LogP contribution in [0.3, 0.4) is 0 Å². The fourth-order valence-electron chi connectivity index (χ4n) is 2.54. The third-order valence-electron chi connectivity index (χ3n) is 3.80. The van der Waals surface area contributed by atoms with Gasteiger partial charge in [-0.1, -0.05) is 0 Å². The number of likely N-dealkylation sites (tertiary alicyclic amines) is 1. The molecule has 0 aromatic heterocycles. The van der Waals surface area contributed by atoms with Crippen molar-refractivity contribution in [2.24, 2.45) is 0 Å². The van der Waals surface area contributed by atoms with Crippen LogP contribution in [0.1, 0.15) is 12.8 Å². The molecule has 0 radical (unpaired) electrons. The Hall–Kier alpha value is -2.38. The number of amides is 1. The molecule has 1 aromatic rings. The van der Waals surface area contributed by atoms with E-state index in [-0.39, 0.29) is 17.4 Å². The van der Waals surface area contributed by atoms with Gasteiger partial charge in [-0.2, -0.15) is 0 Å². The van der Waals surface area contributed by atoms with Crippen molar-refractivity contribution < 1.29 is 19.2 Å². The molecule has 114 valence electrons. The Kier molecular flexibility index (Phi) is 4.25. The first-order valence-corrected chi connectivity index (χ1v) is 6.55. The van der Waals surface area contributed by atoms with E-state index < -0.39 is 16.8 Å². The predicted molar refractivity (Wildman–Crippen MR) is 74.1 cm³/mol. The number of hydrogen-bond acceptors (Lipinski definition) is 4. The number of hydrogen-bond donors (Lipinski definition) is 1. The van der Waals surface area contributed by atoms with E-state index in [2.05, 4.69) is 0 Å². The van der Waals surface area contributed by atoms with Crippen LogP contribution in [-0.2, 0) is 0 Å². The fourth-order valence-corrected chi connectivity index (χ4v) is 2.54. The fraction of sp³-hybridized carbons (Fsp3) is 0.462. The maximum Gasteiger partial charge on any atom is 0.407 e. The van der Waals surface area contributed by atoms with Gasteiger partial charge in [-0.25, -0.2) is 9.18 Å². The number of benzene rings is 1. The Bertz CT molecular complexity index is 558. The average molecular weight is 297 g/mol. The SMILES string of the molecule is CN(c1ccc([N+](=O)[O-])cc1F)C1CCN(C(=O)O)CC1. The van der Waals surface area contributed by atoms with Crippen molar-refractivity contribution in [3.63, 3.8) is 0 Å². The van der Waals surface area contributed by atoms with Crippen molar-refractivity contribution >= 4 is 17.5 Å². The molecule has 1 heterocycles. The van der Waals surface area contributed by atoms with E-state index in [9.17, 15) is 19.3 Å². The minimum absolute atomic E-state index is 0.0107. The largest absolute Gasteiger partial charge is 0.465 e. The van der Waals surface area contributed by atoms with Crippen molar-refractivity contribution in [1.82, 2.24) is 4.90 Å². The van der Waals surface area contributed by atoms with Crippen LogP contribution in [-0.4, -0.2) is 47.2 Å². The van der Waals surface area contributed by atoms with Gasteiger partial charge in [0.25, 0.3) is 5.69 Å². The molecule has 0 bridgehead atoms. The summed E-state index contributed by atoms with van der Waals surface area (Å²) >= 11 is 0. The van der Waals surface area contributed by atoms with E-state index in [0.29, 0.717) is 25.9 Å². The molecular weight excluding hydrogens is 281 g/mol. The summed E-state index contributed by atoms with van der Waals surface area (Å²) in [7, 11) is 1.71. The van der Waals surface area contributed by atoms with Crippen LogP contribution in [0.25, 0.3) is 0 Å². The Morgan fingerprint density at radius 2 is 2.10 bits per heavy atom. The van der Waals surface area contributed by atoms with E-state index in [1.807, 2.05) is 0 Å². The second-order valence-corrected chi connectivity index (χ2v) is 5.00. The molecule has 1 N–H and O–H groups in total. The van der Waals surface area contributed by atoms with Gasteiger partial charge in [0.2, 0.25) is 0 Å². The van der Waals surface area contributed by atoms with E-state index in [0.717, 1.165) is 6.07 Å². The zero-order valence-corrected chi connectivity index (χ0v) is 11.5. The van der Waals surface area contributed by atoms with Gasteiger partial charge in [-0.15, -0.1) is 0 Å². The standard InChI is InChI=1S/C13H16FN3O4/c1-15(9-4-6-16(7-5-9)13(18)19)12-3-2-10(17(20)21)8-11(12)14/h2-3,8-9H,4-7H2,1H3,(H,18,19). The monoisotopic (exact) mass is 297 g/mol. The topological polar surface area (TPSA) is 86.9 Å². The quantitative estimate of drug-likeness (QED) is 0.683. The number of piperidine rings is 1. The molecule has 0 saturated carbocycles. The number of nitro groups is 1. The zero-order valence-electron chi connectivity index (χ0n) is 11.5. The van der Waals surface area contributed by atoms with Crippen LogP contribution in [0.4, 0.5) is 20.6 Å². The highest BCUT2D eigenvalue weighted by atomic mass is 19.1. The number of carbonyl (C=O) groups is 1. The van der Waals surface area contributed by atoms with E-state index in [1.165, 1.54) is 17.0 Å². The highest BCUT2D eigenvalue weighted by molar-refractivity contribution is 5.65. The lowest BCUT2D eigenvalue weighted by molar-refractivity contribution is -0.385. The molecule has 0 unspecified atom stereocenters. The molecule has 1 aromatic carbocycles. The molecular formula is C13H16FN3O4. The first kappa shape index (κ1) is 15.0. The van der Waals surface area contributed by atoms with Crippen LogP contribution in [0, 0.1) is 15.9 Å². The molecule has 0 spiro atoms. The van der Waals surface area contributed by atoms with Gasteiger partial charge >= 0.3 is 6.09 Å². The maximum absolute atomic E-state index is 14.0. The Morgan fingerprint density at radius 3 is 2.57 bits per heavy atom. The van der Waals surface area contributed by atoms with Crippen LogP contribution in [0.2, 0.25) is 0 Å². The molecule has 21 heavy (non-hydrogen) atoms. The van der Waals surface area contributed by atoms with Gasteiger partial charge < -0.3 is 14.9 Å². The highest BCUT2D eigenvalue weighted by Gasteiger charge is 2.26. The van der Waals surface area contributed by atoms with E-state index in [4.69, 9.17) is 5.11 Å². The number of nitro benzene ring substituents is 1. The van der Waals surface area contributed by atoms with Crippen molar-refractivity contribution in [2.75, 3.05) is 25.0 Å². The van der Waals surface area contributed by atoms with Gasteiger partial charge in [-0.05, 0) is 18.9 Å². The van der Waals surface area contributed by atoms with Crippen LogP contribution < -0.4 is 4.90 Å². The van der Waals surface area contributed by atoms with Gasteiger partial charge in [0, 0.05) is 32.2 Å². The number of non-ortho nitro benzene ring substituents is 1. The Balaban J connectivity index is 2.09. The van der Waals surface area contributed by atoms with Gasteiger partial charge in [0.15, 0.2) is 5.82 Å². The second kappa shape index (κ2) is 5.94. The van der Waals surface area contributed by atoms with Crippen LogP contribution >= 0.6 is 0 Å². The summed E-state index contributed by atoms with van der Waals surface area (Å²) in [4.78, 5) is 23.9. The Morgan fingerprint density at radius 1 is 1.48 bits per heavy atom. The van der Waals surface area contributed by atoms with Gasteiger partial charge in [0.05, 0.1) is 16.7 Å². The minimum atomic E-state index is -0.947. The van der Waals surface area contributed by atoms with Gasteiger partial charge in [-0.3, -0.25) is 10.1 Å². The van der Waals surface area contributed by atoms with E-state index in [1.54, 1.807) is 11.9 Å². The van der Waals surface area contributed by atoms with Crippen molar-refractivity contribution in [3.8, 4) is 0 Å². The number of carboxylic acid groups (broad SMARTS) is 1. The molecule has 1 aliphatic heterocycles. The summed E-state index contributed by atoms with van der Waals surface area (Å²) in [5.41, 5.74) is -0.000258. The molecule has 2 rings (SSSR count). The summed E-state index contributed by atoms with van der Waals surface area (Å²) in [5.74, 6) is -0.646. The number of anilines is 1. The summed E-state index contributed by atoms with van der Waals surface area (Å²) < 4.78 is 14.0.